The molecule has 0 aromatic rings. The predicted octanol–water partition coefficient (Wildman–Crippen LogP) is 11.5. The lowest BCUT2D eigenvalue weighted by atomic mass is 10.0. The standard InChI is InChI=1S/C45H66O2/c1-3-5-6-7-8-9-10-11-12-13-14-15-16-17-18-19-20-21-22-23-24-25-26-27-28-29-33-36-39-42-45(47)43-40-37-34-31-30-32-35-38-41-44(46)4-2/h1-2,5-6,20-21,26-27,33,36,38,41,44-47H,7-19,22-25,28-32,34-35,37H2. The summed E-state index contributed by atoms with van der Waals surface area (Å²) in [5.74, 6) is 16.3. The number of aliphatic hydroxyl groups excluding tert-OH is 2. The fourth-order valence-electron chi connectivity index (χ4n) is 5.04. The maximum absolute atomic E-state index is 9.87. The van der Waals surface area contributed by atoms with Crippen molar-refractivity contribution in [3.63, 3.8) is 0 Å². The molecule has 0 aromatic heterocycles. The van der Waals surface area contributed by atoms with Crippen LogP contribution in [0.1, 0.15) is 161 Å². The third kappa shape index (κ3) is 39.0. The lowest BCUT2D eigenvalue weighted by Crippen LogP contribution is -1.97. The van der Waals surface area contributed by atoms with Gasteiger partial charge in [-0.2, -0.15) is 0 Å². The Labute approximate surface area is 291 Å². The largest absolute Gasteiger partial charge is 0.377 e. The van der Waals surface area contributed by atoms with Gasteiger partial charge < -0.3 is 10.2 Å². The summed E-state index contributed by atoms with van der Waals surface area (Å²) in [5, 5.41) is 19.1. The van der Waals surface area contributed by atoms with Crippen LogP contribution >= 0.6 is 0 Å². The molecule has 0 aliphatic rings. The van der Waals surface area contributed by atoms with Crippen LogP contribution in [0, 0.1) is 48.4 Å². The van der Waals surface area contributed by atoms with E-state index in [0.29, 0.717) is 0 Å². The van der Waals surface area contributed by atoms with Crippen molar-refractivity contribution in [2.75, 3.05) is 0 Å². The number of hydrogen-bond acceptors (Lipinski definition) is 2. The Balaban J connectivity index is 3.48. The molecule has 0 saturated heterocycles. The molecule has 0 spiro atoms. The van der Waals surface area contributed by atoms with Gasteiger partial charge in [0.1, 0.15) is 6.10 Å². The first-order valence-electron chi connectivity index (χ1n) is 18.7. The molecule has 0 radical (unpaired) electrons. The molecule has 0 fully saturated rings. The summed E-state index contributed by atoms with van der Waals surface area (Å²) >= 11 is 0. The maximum atomic E-state index is 9.87. The molecule has 2 atom stereocenters. The molecular formula is C45H66O2. The molecule has 0 amide bonds. The van der Waals surface area contributed by atoms with E-state index in [-0.39, 0.29) is 0 Å². The predicted molar refractivity (Wildman–Crippen MR) is 206 cm³/mol. The molecule has 0 heterocycles. The number of aliphatic hydroxyl groups is 2. The molecule has 0 aliphatic heterocycles. The van der Waals surface area contributed by atoms with E-state index in [9.17, 15) is 10.2 Å². The Kier molecular flexibility index (Phi) is 36.4. The van der Waals surface area contributed by atoms with Crippen LogP contribution in [0.2, 0.25) is 0 Å². The Bertz CT molecular complexity index is 1050. The van der Waals surface area contributed by atoms with Gasteiger partial charge in [0.15, 0.2) is 6.10 Å². The topological polar surface area (TPSA) is 40.5 Å². The molecular weight excluding hydrogens is 572 g/mol. The summed E-state index contributed by atoms with van der Waals surface area (Å²) in [5.41, 5.74) is 0. The summed E-state index contributed by atoms with van der Waals surface area (Å²) in [6.45, 7) is 0. The van der Waals surface area contributed by atoms with Crippen LogP contribution in [-0.4, -0.2) is 22.4 Å². The Morgan fingerprint density at radius 3 is 1.43 bits per heavy atom. The second-order valence-electron chi connectivity index (χ2n) is 12.2. The van der Waals surface area contributed by atoms with Gasteiger partial charge in [0, 0.05) is 6.42 Å². The lowest BCUT2D eigenvalue weighted by Gasteiger charge is -2.02. The van der Waals surface area contributed by atoms with Gasteiger partial charge in [-0.3, -0.25) is 0 Å². The van der Waals surface area contributed by atoms with Crippen LogP contribution in [0.15, 0.2) is 60.8 Å². The van der Waals surface area contributed by atoms with E-state index in [1.165, 1.54) is 96.3 Å². The summed E-state index contributed by atoms with van der Waals surface area (Å²) in [7, 11) is 0. The van der Waals surface area contributed by atoms with Gasteiger partial charge in [-0.25, -0.2) is 0 Å². The average molecular weight is 639 g/mol. The highest BCUT2D eigenvalue weighted by Gasteiger charge is 1.94. The summed E-state index contributed by atoms with van der Waals surface area (Å²) in [6.07, 6.45) is 59.8. The Hall–Kier alpha value is -3.14. The highest BCUT2D eigenvalue weighted by atomic mass is 16.3. The molecule has 0 aliphatic carbocycles. The van der Waals surface area contributed by atoms with Gasteiger partial charge in [-0.05, 0) is 102 Å². The van der Waals surface area contributed by atoms with Gasteiger partial charge in [0.2, 0.25) is 0 Å². The molecule has 0 bridgehead atoms. The number of terminal acetylenes is 2. The first kappa shape index (κ1) is 43.9. The van der Waals surface area contributed by atoms with Crippen LogP contribution < -0.4 is 0 Å². The third-order valence-electron chi connectivity index (χ3n) is 7.85. The summed E-state index contributed by atoms with van der Waals surface area (Å²) in [4.78, 5) is 0. The fourth-order valence-corrected chi connectivity index (χ4v) is 5.04. The van der Waals surface area contributed by atoms with Crippen molar-refractivity contribution in [1.29, 1.82) is 0 Å². The molecule has 2 heteroatoms. The molecule has 2 nitrogen and oxygen atoms in total. The van der Waals surface area contributed by atoms with Gasteiger partial charge in [0.05, 0.1) is 0 Å². The first-order chi connectivity index (χ1) is 23.2. The number of rotatable bonds is 29. The van der Waals surface area contributed by atoms with Crippen LogP contribution in [0.3, 0.4) is 0 Å². The van der Waals surface area contributed by atoms with Crippen LogP contribution in [-0.2, 0) is 0 Å². The molecule has 258 valence electrons. The van der Waals surface area contributed by atoms with E-state index in [4.69, 9.17) is 12.8 Å². The van der Waals surface area contributed by atoms with Crippen molar-refractivity contribution < 1.29 is 10.2 Å². The molecule has 0 aromatic carbocycles. The maximum Gasteiger partial charge on any atom is 0.176 e. The van der Waals surface area contributed by atoms with Gasteiger partial charge in [-0.1, -0.05) is 149 Å². The van der Waals surface area contributed by atoms with E-state index in [0.717, 1.165) is 64.2 Å². The summed E-state index contributed by atoms with van der Waals surface area (Å²) < 4.78 is 0. The minimum Gasteiger partial charge on any atom is -0.377 e. The van der Waals surface area contributed by atoms with E-state index in [1.807, 2.05) is 18.2 Å². The van der Waals surface area contributed by atoms with Gasteiger partial charge >= 0.3 is 0 Å². The molecule has 2 N–H and O–H groups in total. The van der Waals surface area contributed by atoms with Crippen molar-refractivity contribution in [3.8, 4) is 48.4 Å². The van der Waals surface area contributed by atoms with Crippen LogP contribution in [0.4, 0.5) is 0 Å². The van der Waals surface area contributed by atoms with Crippen molar-refractivity contribution in [2.45, 2.75) is 173 Å². The van der Waals surface area contributed by atoms with Crippen molar-refractivity contribution in [2.24, 2.45) is 0 Å². The van der Waals surface area contributed by atoms with E-state index < -0.39 is 12.2 Å². The zero-order chi connectivity index (χ0) is 34.1. The number of hydrogen-bond donors (Lipinski definition) is 2. The lowest BCUT2D eigenvalue weighted by molar-refractivity contribution is 0.280. The van der Waals surface area contributed by atoms with Crippen molar-refractivity contribution >= 4 is 0 Å². The third-order valence-corrected chi connectivity index (χ3v) is 7.85. The quantitative estimate of drug-likeness (QED) is 0.0486. The normalized spacial score (nSPS) is 12.8. The minimum atomic E-state index is -0.883. The second kappa shape index (κ2) is 39.0. The first-order valence-corrected chi connectivity index (χ1v) is 18.7. The minimum absolute atomic E-state index is 0.772. The van der Waals surface area contributed by atoms with Crippen molar-refractivity contribution in [1.82, 2.24) is 0 Å². The van der Waals surface area contributed by atoms with E-state index >= 15 is 0 Å². The van der Waals surface area contributed by atoms with E-state index in [2.05, 4.69) is 72.0 Å². The summed E-state index contributed by atoms with van der Waals surface area (Å²) in [6, 6.07) is 0. The number of unbranched alkanes of at least 4 members (excludes halogenated alkanes) is 21. The molecule has 2 unspecified atom stereocenters. The molecule has 47 heavy (non-hydrogen) atoms. The van der Waals surface area contributed by atoms with Crippen molar-refractivity contribution in [3.05, 3.63) is 60.8 Å². The zero-order valence-corrected chi connectivity index (χ0v) is 29.7. The Morgan fingerprint density at radius 2 is 0.872 bits per heavy atom. The average Bonchev–Trinajstić information content (AvgIpc) is 3.08. The van der Waals surface area contributed by atoms with Crippen LogP contribution in [0.25, 0.3) is 0 Å². The van der Waals surface area contributed by atoms with Crippen LogP contribution in [0.5, 0.6) is 0 Å². The highest BCUT2D eigenvalue weighted by Crippen LogP contribution is 2.13. The molecule has 0 rings (SSSR count). The zero-order valence-electron chi connectivity index (χ0n) is 29.7. The Morgan fingerprint density at radius 1 is 0.447 bits per heavy atom. The fraction of sp³-hybridized carbons (Fsp3) is 0.600. The SMILES string of the molecule is C#CC=CCCCCCCCCCCCCCC=CCCCCC=CCCC=CC#CC(O)C#CCCCCCCC=CC(O)C#C. The highest BCUT2D eigenvalue weighted by molar-refractivity contribution is 5.24. The van der Waals surface area contributed by atoms with Gasteiger partial charge in [0.25, 0.3) is 0 Å². The molecule has 0 saturated carbocycles. The van der Waals surface area contributed by atoms with Gasteiger partial charge in [-0.15, -0.1) is 12.8 Å². The van der Waals surface area contributed by atoms with E-state index in [1.54, 1.807) is 6.08 Å². The monoisotopic (exact) mass is 639 g/mol. The number of allylic oxidation sites excluding steroid dienone is 9. The smallest absolute Gasteiger partial charge is 0.176 e. The second-order valence-corrected chi connectivity index (χ2v) is 12.2.